The minimum atomic E-state index is 0.0993. The lowest BCUT2D eigenvalue weighted by Crippen LogP contribution is -2.39. The van der Waals surface area contributed by atoms with E-state index in [1.165, 1.54) is 13.0 Å². The Kier molecular flexibility index (Phi) is 11.7. The van der Waals surface area contributed by atoms with Crippen LogP contribution in [0.2, 0.25) is 0 Å². The molecule has 1 saturated heterocycles. The van der Waals surface area contributed by atoms with Gasteiger partial charge in [0.05, 0.1) is 0 Å². The van der Waals surface area contributed by atoms with Gasteiger partial charge in [0.15, 0.2) is 0 Å². The van der Waals surface area contributed by atoms with Crippen LogP contribution in [0.5, 0.6) is 0 Å². The maximum Gasteiger partial charge on any atom is 0.221 e. The average molecular weight is 286 g/mol. The second-order valence-electron chi connectivity index (χ2n) is 5.26. The lowest BCUT2D eigenvalue weighted by Gasteiger charge is -2.24. The van der Waals surface area contributed by atoms with Gasteiger partial charge < -0.3 is 16.4 Å². The van der Waals surface area contributed by atoms with Gasteiger partial charge in [-0.15, -0.1) is 0 Å². The Morgan fingerprint density at radius 2 is 2.10 bits per heavy atom. The van der Waals surface area contributed by atoms with Crippen molar-refractivity contribution in [2.24, 2.45) is 11.7 Å². The number of rotatable bonds is 8. The molecule has 0 aromatic carbocycles. The quantitative estimate of drug-likeness (QED) is 0.577. The molecule has 4 N–H and O–H groups in total. The zero-order chi connectivity index (χ0) is 15.4. The molecule has 0 spiro atoms. The van der Waals surface area contributed by atoms with Crippen molar-refractivity contribution in [1.82, 2.24) is 15.5 Å². The first kappa shape index (κ1) is 19.4. The number of hydrogen-bond acceptors (Lipinski definition) is 4. The molecule has 0 aromatic rings. The van der Waals surface area contributed by atoms with Gasteiger partial charge in [0.25, 0.3) is 0 Å². The summed E-state index contributed by atoms with van der Waals surface area (Å²) in [7, 11) is 1.68. The molecule has 1 aliphatic heterocycles. The first-order valence-corrected chi connectivity index (χ1v) is 8.02. The van der Waals surface area contributed by atoms with Crippen molar-refractivity contribution in [3.05, 3.63) is 0 Å². The molecule has 5 nitrogen and oxygen atoms in total. The van der Waals surface area contributed by atoms with E-state index in [4.69, 9.17) is 5.73 Å². The Morgan fingerprint density at radius 3 is 2.70 bits per heavy atom. The van der Waals surface area contributed by atoms with Gasteiger partial charge in [-0.05, 0) is 31.8 Å². The Bertz CT molecular complexity index is 248. The zero-order valence-electron chi connectivity index (χ0n) is 13.7. The number of carbonyl (C=O) groups excluding carboxylic acids is 1. The molecule has 1 aliphatic rings. The van der Waals surface area contributed by atoms with Crippen LogP contribution in [-0.4, -0.2) is 56.6 Å². The van der Waals surface area contributed by atoms with Gasteiger partial charge in [-0.1, -0.05) is 20.8 Å². The third-order valence-corrected chi connectivity index (χ3v) is 3.57. The Hall–Kier alpha value is -0.650. The molecule has 120 valence electrons. The Labute approximate surface area is 124 Å². The van der Waals surface area contributed by atoms with E-state index in [0.717, 1.165) is 38.5 Å². The molecule has 1 amide bonds. The molecule has 0 aliphatic carbocycles. The number of amides is 1. The normalized spacial score (nSPS) is 22.2. The van der Waals surface area contributed by atoms with E-state index < -0.39 is 0 Å². The lowest BCUT2D eigenvalue weighted by molar-refractivity contribution is -0.120. The van der Waals surface area contributed by atoms with Crippen molar-refractivity contribution in [2.45, 2.75) is 46.1 Å². The smallest absolute Gasteiger partial charge is 0.221 e. The third-order valence-electron chi connectivity index (χ3n) is 3.57. The lowest BCUT2D eigenvalue weighted by atomic mass is 10.1. The van der Waals surface area contributed by atoms with Crippen molar-refractivity contribution < 1.29 is 4.79 Å². The summed E-state index contributed by atoms with van der Waals surface area (Å²) in [6.45, 7) is 11.1. The van der Waals surface area contributed by atoms with Gasteiger partial charge in [-0.3, -0.25) is 9.69 Å². The molecule has 2 atom stereocenters. The van der Waals surface area contributed by atoms with E-state index in [2.05, 4.69) is 22.5 Å². The number of nitrogens with one attached hydrogen (secondary N) is 2. The maximum atomic E-state index is 11.1. The number of hydrogen-bond donors (Lipinski definition) is 3. The number of nitrogens with two attached hydrogens (primary N) is 1. The van der Waals surface area contributed by atoms with Gasteiger partial charge in [0, 0.05) is 39.1 Å². The van der Waals surface area contributed by atoms with Crippen LogP contribution in [0, 0.1) is 5.92 Å². The summed E-state index contributed by atoms with van der Waals surface area (Å²) >= 11 is 0. The van der Waals surface area contributed by atoms with Crippen molar-refractivity contribution in [3.8, 4) is 0 Å². The molecule has 5 heteroatoms. The van der Waals surface area contributed by atoms with Crippen molar-refractivity contribution in [3.63, 3.8) is 0 Å². The first-order chi connectivity index (χ1) is 9.67. The minimum Gasteiger partial charge on any atom is -0.359 e. The molecular formula is C15H34N4O. The standard InChI is InChI=1S/C13H28N4O.C2H6/c1-11-8-12(17(10-11)7-3-5-14)9-16-6-4-13(18)15-2;1-2/h11-12,16H,3-10,14H2,1-2H3,(H,15,18);1-2H3/t11-,12?;/m1./s1. The van der Waals surface area contributed by atoms with Crippen LogP contribution in [0.4, 0.5) is 0 Å². The van der Waals surface area contributed by atoms with Crippen LogP contribution in [0.3, 0.4) is 0 Å². The highest BCUT2D eigenvalue weighted by Crippen LogP contribution is 2.22. The van der Waals surface area contributed by atoms with Gasteiger partial charge >= 0.3 is 0 Å². The SMILES string of the molecule is CC.CNC(=O)CCNCC1C[C@@H](C)CN1CCCN. The molecule has 0 bridgehead atoms. The van der Waals surface area contributed by atoms with Gasteiger partial charge in [0.2, 0.25) is 5.91 Å². The molecule has 0 aromatic heterocycles. The van der Waals surface area contributed by atoms with Gasteiger partial charge in [-0.2, -0.15) is 0 Å². The zero-order valence-corrected chi connectivity index (χ0v) is 13.7. The van der Waals surface area contributed by atoms with Crippen LogP contribution in [0.15, 0.2) is 0 Å². The van der Waals surface area contributed by atoms with Crippen molar-refractivity contribution in [1.29, 1.82) is 0 Å². The molecule has 0 saturated carbocycles. The van der Waals surface area contributed by atoms with E-state index >= 15 is 0 Å². The largest absolute Gasteiger partial charge is 0.359 e. The van der Waals surface area contributed by atoms with Crippen molar-refractivity contribution in [2.75, 3.05) is 39.8 Å². The van der Waals surface area contributed by atoms with Crippen LogP contribution < -0.4 is 16.4 Å². The first-order valence-electron chi connectivity index (χ1n) is 8.02. The summed E-state index contributed by atoms with van der Waals surface area (Å²) in [5.74, 6) is 0.871. The molecule has 0 radical (unpaired) electrons. The predicted molar refractivity (Wildman–Crippen MR) is 85.7 cm³/mol. The summed E-state index contributed by atoms with van der Waals surface area (Å²) in [5.41, 5.74) is 5.57. The van der Waals surface area contributed by atoms with E-state index in [0.29, 0.717) is 12.5 Å². The second-order valence-corrected chi connectivity index (χ2v) is 5.26. The van der Waals surface area contributed by atoms with Crippen LogP contribution >= 0.6 is 0 Å². The topological polar surface area (TPSA) is 70.4 Å². The maximum absolute atomic E-state index is 11.1. The molecule has 1 heterocycles. The number of likely N-dealkylation sites (tertiary alicyclic amines) is 1. The highest BCUT2D eigenvalue weighted by atomic mass is 16.1. The fourth-order valence-electron chi connectivity index (χ4n) is 2.61. The molecule has 1 fully saturated rings. The summed E-state index contributed by atoms with van der Waals surface area (Å²) in [5, 5.41) is 6.02. The summed E-state index contributed by atoms with van der Waals surface area (Å²) in [6.07, 6.45) is 2.88. The molecular weight excluding hydrogens is 252 g/mol. The van der Waals surface area contributed by atoms with E-state index in [-0.39, 0.29) is 5.91 Å². The summed E-state index contributed by atoms with van der Waals surface area (Å²) < 4.78 is 0. The summed E-state index contributed by atoms with van der Waals surface area (Å²) in [4.78, 5) is 13.6. The van der Waals surface area contributed by atoms with Crippen molar-refractivity contribution >= 4 is 5.91 Å². The highest BCUT2D eigenvalue weighted by molar-refractivity contribution is 5.75. The minimum absolute atomic E-state index is 0.0993. The van der Waals surface area contributed by atoms with Gasteiger partial charge in [0.1, 0.15) is 0 Å². The Morgan fingerprint density at radius 1 is 1.40 bits per heavy atom. The van der Waals surface area contributed by atoms with E-state index in [1.807, 2.05) is 13.8 Å². The van der Waals surface area contributed by atoms with E-state index in [1.54, 1.807) is 7.05 Å². The van der Waals surface area contributed by atoms with Crippen LogP contribution in [0.25, 0.3) is 0 Å². The Balaban J connectivity index is 0.00000172. The predicted octanol–water partition coefficient (Wildman–Crippen LogP) is 0.798. The van der Waals surface area contributed by atoms with Crippen LogP contribution in [-0.2, 0) is 4.79 Å². The monoisotopic (exact) mass is 286 g/mol. The molecule has 1 rings (SSSR count). The van der Waals surface area contributed by atoms with Crippen LogP contribution in [0.1, 0.15) is 40.0 Å². The third kappa shape index (κ3) is 7.82. The van der Waals surface area contributed by atoms with Gasteiger partial charge in [-0.25, -0.2) is 0 Å². The fourth-order valence-corrected chi connectivity index (χ4v) is 2.61. The average Bonchev–Trinajstić information content (AvgIpc) is 2.83. The number of carbonyl (C=O) groups is 1. The highest BCUT2D eigenvalue weighted by Gasteiger charge is 2.28. The van der Waals surface area contributed by atoms with E-state index in [9.17, 15) is 4.79 Å². The second kappa shape index (κ2) is 12.1. The molecule has 1 unspecified atom stereocenters. The molecule has 20 heavy (non-hydrogen) atoms. The fraction of sp³-hybridized carbons (Fsp3) is 0.933. The summed E-state index contributed by atoms with van der Waals surface area (Å²) in [6, 6.07) is 0.608. The number of nitrogens with zero attached hydrogens (tertiary/aromatic N) is 1.